The fourth-order valence-electron chi connectivity index (χ4n) is 1.80. The normalized spacial score (nSPS) is 16.1. The van der Waals surface area contributed by atoms with E-state index in [1.165, 1.54) is 16.8 Å². The van der Waals surface area contributed by atoms with Crippen LogP contribution in [0.15, 0.2) is 29.3 Å². The molecule has 0 radical (unpaired) electrons. The second-order valence-electron chi connectivity index (χ2n) is 4.96. The van der Waals surface area contributed by atoms with Gasteiger partial charge in [0.1, 0.15) is 0 Å². The molecule has 14 heavy (non-hydrogen) atoms. The number of fused-ring (bicyclic) bond motifs is 1. The molecule has 1 nitrogen and oxygen atoms in total. The smallest absolute Gasteiger partial charge is 0.0642 e. The van der Waals surface area contributed by atoms with E-state index in [4.69, 9.17) is 0 Å². The van der Waals surface area contributed by atoms with E-state index in [9.17, 15) is 0 Å². The van der Waals surface area contributed by atoms with Crippen LogP contribution in [-0.2, 0) is 13.0 Å². The molecule has 1 aromatic rings. The molecule has 0 spiro atoms. The minimum absolute atomic E-state index is 0.216. The van der Waals surface area contributed by atoms with E-state index < -0.39 is 0 Å². The van der Waals surface area contributed by atoms with Gasteiger partial charge in [0.2, 0.25) is 0 Å². The topological polar surface area (TPSA) is 12.4 Å². The molecule has 1 aliphatic heterocycles. The fraction of sp³-hybridized carbons (Fsp3) is 0.462. The molecule has 1 heteroatoms. The Morgan fingerprint density at radius 3 is 2.36 bits per heavy atom. The Morgan fingerprint density at radius 1 is 1.07 bits per heavy atom. The molecule has 2 rings (SSSR count). The largest absolute Gasteiger partial charge is 0.288 e. The van der Waals surface area contributed by atoms with Gasteiger partial charge in [-0.1, -0.05) is 45.0 Å². The Bertz CT molecular complexity index is 369. The molecule has 0 fully saturated rings. The summed E-state index contributed by atoms with van der Waals surface area (Å²) in [5.74, 6) is 0. The van der Waals surface area contributed by atoms with Gasteiger partial charge < -0.3 is 0 Å². The molecule has 0 N–H and O–H groups in total. The Morgan fingerprint density at radius 2 is 1.71 bits per heavy atom. The molecule has 1 heterocycles. The summed E-state index contributed by atoms with van der Waals surface area (Å²) in [6, 6.07) is 8.61. The van der Waals surface area contributed by atoms with Gasteiger partial charge in [0.15, 0.2) is 0 Å². The number of hydrogen-bond acceptors (Lipinski definition) is 1. The first-order chi connectivity index (χ1) is 6.57. The molecule has 0 bridgehead atoms. The van der Waals surface area contributed by atoms with Crippen molar-refractivity contribution >= 4 is 5.71 Å². The van der Waals surface area contributed by atoms with Crippen molar-refractivity contribution in [3.8, 4) is 0 Å². The predicted molar refractivity (Wildman–Crippen MR) is 60.7 cm³/mol. The number of rotatable bonds is 0. The third-order valence-electron chi connectivity index (χ3n) is 2.78. The van der Waals surface area contributed by atoms with E-state index in [1.54, 1.807) is 0 Å². The van der Waals surface area contributed by atoms with Crippen LogP contribution in [0, 0.1) is 5.41 Å². The SMILES string of the molecule is CC(C)(C)C1=NCc2ccccc2C1. The molecule has 0 unspecified atom stereocenters. The zero-order valence-corrected chi connectivity index (χ0v) is 9.17. The van der Waals surface area contributed by atoms with Crippen LogP contribution in [0.2, 0.25) is 0 Å². The van der Waals surface area contributed by atoms with Crippen LogP contribution >= 0.6 is 0 Å². The second kappa shape index (κ2) is 3.23. The van der Waals surface area contributed by atoms with E-state index in [2.05, 4.69) is 50.0 Å². The summed E-state index contributed by atoms with van der Waals surface area (Å²) in [5, 5.41) is 0. The lowest BCUT2D eigenvalue weighted by Crippen LogP contribution is -2.25. The molecule has 0 amide bonds. The van der Waals surface area contributed by atoms with Gasteiger partial charge in [-0.2, -0.15) is 0 Å². The van der Waals surface area contributed by atoms with Gasteiger partial charge in [-0.3, -0.25) is 4.99 Å². The number of hydrogen-bond donors (Lipinski definition) is 0. The van der Waals surface area contributed by atoms with Crippen LogP contribution in [0.5, 0.6) is 0 Å². The Hall–Kier alpha value is -1.11. The number of aliphatic imine (C=N–C) groups is 1. The molecule has 0 atom stereocenters. The Kier molecular flexibility index (Phi) is 2.18. The highest BCUT2D eigenvalue weighted by Crippen LogP contribution is 2.25. The van der Waals surface area contributed by atoms with Crippen LogP contribution in [0.25, 0.3) is 0 Å². The van der Waals surface area contributed by atoms with Crippen molar-refractivity contribution in [3.63, 3.8) is 0 Å². The maximum Gasteiger partial charge on any atom is 0.0642 e. The Balaban J connectivity index is 2.30. The third kappa shape index (κ3) is 1.72. The molecule has 74 valence electrons. The van der Waals surface area contributed by atoms with E-state index in [-0.39, 0.29) is 5.41 Å². The van der Waals surface area contributed by atoms with Crippen molar-refractivity contribution in [2.24, 2.45) is 10.4 Å². The third-order valence-corrected chi connectivity index (χ3v) is 2.78. The fourth-order valence-corrected chi connectivity index (χ4v) is 1.80. The highest BCUT2D eigenvalue weighted by atomic mass is 14.8. The minimum Gasteiger partial charge on any atom is -0.288 e. The molecule has 0 saturated heterocycles. The minimum atomic E-state index is 0.216. The van der Waals surface area contributed by atoms with Gasteiger partial charge in [-0.25, -0.2) is 0 Å². The average Bonchev–Trinajstić information content (AvgIpc) is 2.16. The van der Waals surface area contributed by atoms with Crippen LogP contribution in [0.3, 0.4) is 0 Å². The van der Waals surface area contributed by atoms with Crippen molar-refractivity contribution in [1.29, 1.82) is 0 Å². The molecule has 0 aliphatic carbocycles. The quantitative estimate of drug-likeness (QED) is 0.591. The summed E-state index contributed by atoms with van der Waals surface area (Å²) in [7, 11) is 0. The zero-order valence-electron chi connectivity index (χ0n) is 9.17. The zero-order chi connectivity index (χ0) is 10.2. The maximum atomic E-state index is 4.66. The maximum absolute atomic E-state index is 4.66. The Labute approximate surface area is 85.9 Å². The van der Waals surface area contributed by atoms with Gasteiger partial charge in [-0.15, -0.1) is 0 Å². The molecule has 1 aliphatic rings. The van der Waals surface area contributed by atoms with E-state index in [1.807, 2.05) is 0 Å². The predicted octanol–water partition coefficient (Wildman–Crippen LogP) is 3.23. The second-order valence-corrected chi connectivity index (χ2v) is 4.96. The first-order valence-electron chi connectivity index (χ1n) is 5.18. The van der Waals surface area contributed by atoms with E-state index >= 15 is 0 Å². The van der Waals surface area contributed by atoms with Crippen molar-refractivity contribution < 1.29 is 0 Å². The summed E-state index contributed by atoms with van der Waals surface area (Å²) in [6.45, 7) is 7.57. The van der Waals surface area contributed by atoms with Gasteiger partial charge in [0, 0.05) is 17.5 Å². The molecule has 1 aromatic carbocycles. The number of benzene rings is 1. The monoisotopic (exact) mass is 187 g/mol. The van der Waals surface area contributed by atoms with Crippen molar-refractivity contribution in [1.82, 2.24) is 0 Å². The summed E-state index contributed by atoms with van der Waals surface area (Å²) in [6.07, 6.45) is 1.03. The first kappa shape index (κ1) is 9.45. The lowest BCUT2D eigenvalue weighted by molar-refractivity contribution is 0.574. The lowest BCUT2D eigenvalue weighted by atomic mass is 9.83. The summed E-state index contributed by atoms with van der Waals surface area (Å²) < 4.78 is 0. The van der Waals surface area contributed by atoms with Gasteiger partial charge in [0.05, 0.1) is 6.54 Å². The van der Waals surface area contributed by atoms with Crippen LogP contribution in [0.4, 0.5) is 0 Å². The van der Waals surface area contributed by atoms with E-state index in [0.29, 0.717) is 0 Å². The summed E-state index contributed by atoms with van der Waals surface area (Å²) in [5.41, 5.74) is 4.39. The van der Waals surface area contributed by atoms with Gasteiger partial charge in [-0.05, 0) is 11.1 Å². The van der Waals surface area contributed by atoms with Crippen molar-refractivity contribution in [2.45, 2.75) is 33.7 Å². The lowest BCUT2D eigenvalue weighted by Gasteiger charge is -2.26. The molecular formula is C13H17N. The summed E-state index contributed by atoms with van der Waals surface area (Å²) >= 11 is 0. The highest BCUT2D eigenvalue weighted by molar-refractivity contribution is 5.92. The van der Waals surface area contributed by atoms with Crippen LogP contribution in [0.1, 0.15) is 31.9 Å². The molecule has 0 aromatic heterocycles. The highest BCUT2D eigenvalue weighted by Gasteiger charge is 2.22. The van der Waals surface area contributed by atoms with Gasteiger partial charge >= 0.3 is 0 Å². The van der Waals surface area contributed by atoms with Crippen LogP contribution < -0.4 is 0 Å². The van der Waals surface area contributed by atoms with Crippen molar-refractivity contribution in [3.05, 3.63) is 35.4 Å². The summed E-state index contributed by atoms with van der Waals surface area (Å²) in [4.78, 5) is 4.66. The number of nitrogens with zero attached hydrogens (tertiary/aromatic N) is 1. The molecular weight excluding hydrogens is 170 g/mol. The average molecular weight is 187 g/mol. The standard InChI is InChI=1S/C13H17N/c1-13(2,3)12-8-10-6-4-5-7-11(10)9-14-12/h4-7H,8-9H2,1-3H3. The molecule has 0 saturated carbocycles. The van der Waals surface area contributed by atoms with E-state index in [0.717, 1.165) is 13.0 Å². The van der Waals surface area contributed by atoms with Gasteiger partial charge in [0.25, 0.3) is 0 Å². The van der Waals surface area contributed by atoms with Crippen LogP contribution in [-0.4, -0.2) is 5.71 Å². The van der Waals surface area contributed by atoms with Crippen molar-refractivity contribution in [2.75, 3.05) is 0 Å². The first-order valence-corrected chi connectivity index (χ1v) is 5.18.